The highest BCUT2D eigenvalue weighted by atomic mass is 35.5. The number of aromatic nitrogens is 1. The Morgan fingerprint density at radius 2 is 1.79 bits per heavy atom. The van der Waals surface area contributed by atoms with Crippen molar-refractivity contribution in [2.45, 2.75) is 0 Å². The van der Waals surface area contributed by atoms with Gasteiger partial charge in [0.25, 0.3) is 0 Å². The molecule has 0 bridgehead atoms. The fourth-order valence-corrected chi connectivity index (χ4v) is 1.48. The van der Waals surface area contributed by atoms with Gasteiger partial charge in [0, 0.05) is 11.8 Å². The summed E-state index contributed by atoms with van der Waals surface area (Å²) in [4.78, 5) is 3.91. The normalized spacial score (nSPS) is 10.1. The molecule has 0 fully saturated rings. The van der Waals surface area contributed by atoms with E-state index in [1.54, 1.807) is 6.20 Å². The number of hydrogen-bond acceptors (Lipinski definition) is 2. The Labute approximate surface area is 87.4 Å². The molecule has 3 heteroatoms. The minimum Gasteiger partial charge on any atom is -0.396 e. The smallest absolute Gasteiger partial charge is 0.152 e. The van der Waals surface area contributed by atoms with Crippen molar-refractivity contribution in [1.82, 2.24) is 4.98 Å². The van der Waals surface area contributed by atoms with E-state index in [9.17, 15) is 0 Å². The summed E-state index contributed by atoms with van der Waals surface area (Å²) in [5.74, 6) is 0. The molecule has 0 saturated carbocycles. The zero-order valence-electron chi connectivity index (χ0n) is 7.44. The van der Waals surface area contributed by atoms with Crippen LogP contribution in [0.25, 0.3) is 11.1 Å². The lowest BCUT2D eigenvalue weighted by atomic mass is 10.1. The van der Waals surface area contributed by atoms with Crippen LogP contribution in [0.1, 0.15) is 0 Å². The summed E-state index contributed by atoms with van der Waals surface area (Å²) in [7, 11) is 0. The average molecular weight is 205 g/mol. The van der Waals surface area contributed by atoms with Crippen LogP contribution in [-0.2, 0) is 0 Å². The van der Waals surface area contributed by atoms with E-state index in [4.69, 9.17) is 17.3 Å². The van der Waals surface area contributed by atoms with E-state index >= 15 is 0 Å². The third-order valence-electron chi connectivity index (χ3n) is 2.03. The van der Waals surface area contributed by atoms with Crippen LogP contribution in [0.2, 0.25) is 5.15 Å². The van der Waals surface area contributed by atoms with E-state index in [-0.39, 0.29) is 0 Å². The van der Waals surface area contributed by atoms with Crippen LogP contribution in [0.3, 0.4) is 0 Å². The Balaban J connectivity index is 2.58. The molecule has 0 radical (unpaired) electrons. The molecule has 0 spiro atoms. The fourth-order valence-electron chi connectivity index (χ4n) is 1.32. The van der Waals surface area contributed by atoms with Crippen LogP contribution in [-0.4, -0.2) is 4.98 Å². The lowest BCUT2D eigenvalue weighted by molar-refractivity contribution is 1.33. The molecule has 14 heavy (non-hydrogen) atoms. The van der Waals surface area contributed by atoms with Crippen molar-refractivity contribution < 1.29 is 0 Å². The second-order valence-corrected chi connectivity index (χ2v) is 3.29. The highest BCUT2D eigenvalue weighted by Gasteiger charge is 2.05. The SMILES string of the molecule is Nc1c(-c2ccccc2)ccnc1Cl. The van der Waals surface area contributed by atoms with Gasteiger partial charge in [0.2, 0.25) is 0 Å². The van der Waals surface area contributed by atoms with E-state index < -0.39 is 0 Å². The molecule has 2 N–H and O–H groups in total. The summed E-state index contributed by atoms with van der Waals surface area (Å²) in [5.41, 5.74) is 8.32. The minimum atomic E-state index is 0.353. The van der Waals surface area contributed by atoms with Gasteiger partial charge in [-0.15, -0.1) is 0 Å². The number of nitrogen functional groups attached to an aromatic ring is 1. The van der Waals surface area contributed by atoms with E-state index in [0.29, 0.717) is 10.8 Å². The van der Waals surface area contributed by atoms with Crippen LogP contribution in [0.5, 0.6) is 0 Å². The maximum atomic E-state index is 5.83. The first-order chi connectivity index (χ1) is 6.79. The lowest BCUT2D eigenvalue weighted by Gasteiger charge is -2.05. The number of benzene rings is 1. The van der Waals surface area contributed by atoms with Crippen molar-refractivity contribution in [3.8, 4) is 11.1 Å². The number of nitrogens with zero attached hydrogens (tertiary/aromatic N) is 1. The molecule has 0 aliphatic carbocycles. The van der Waals surface area contributed by atoms with Gasteiger partial charge in [0.05, 0.1) is 5.69 Å². The van der Waals surface area contributed by atoms with Gasteiger partial charge in [-0.3, -0.25) is 0 Å². The number of rotatable bonds is 1. The minimum absolute atomic E-state index is 0.353. The summed E-state index contributed by atoms with van der Waals surface area (Å²) >= 11 is 5.83. The predicted molar refractivity (Wildman–Crippen MR) is 59.1 cm³/mol. The summed E-state index contributed by atoms with van der Waals surface area (Å²) in [6, 6.07) is 11.7. The molecule has 1 heterocycles. The number of halogens is 1. The molecule has 1 aromatic heterocycles. The van der Waals surface area contributed by atoms with Crippen LogP contribution in [0.4, 0.5) is 5.69 Å². The Bertz CT molecular complexity index is 440. The zero-order valence-corrected chi connectivity index (χ0v) is 8.20. The van der Waals surface area contributed by atoms with Gasteiger partial charge in [0.1, 0.15) is 0 Å². The summed E-state index contributed by atoms with van der Waals surface area (Å²) in [6.07, 6.45) is 1.65. The molecule has 0 atom stereocenters. The van der Waals surface area contributed by atoms with E-state index in [2.05, 4.69) is 4.98 Å². The molecule has 0 aliphatic rings. The van der Waals surface area contributed by atoms with Gasteiger partial charge in [0.15, 0.2) is 5.15 Å². The zero-order chi connectivity index (χ0) is 9.97. The monoisotopic (exact) mass is 204 g/mol. The third kappa shape index (κ3) is 1.56. The predicted octanol–water partition coefficient (Wildman–Crippen LogP) is 2.98. The van der Waals surface area contributed by atoms with Gasteiger partial charge < -0.3 is 5.73 Å². The second-order valence-electron chi connectivity index (χ2n) is 2.93. The van der Waals surface area contributed by atoms with Gasteiger partial charge in [-0.1, -0.05) is 41.9 Å². The highest BCUT2D eigenvalue weighted by molar-refractivity contribution is 6.32. The number of pyridine rings is 1. The lowest BCUT2D eigenvalue weighted by Crippen LogP contribution is -1.92. The van der Waals surface area contributed by atoms with Crippen LogP contribution in [0.15, 0.2) is 42.6 Å². The van der Waals surface area contributed by atoms with Gasteiger partial charge in [-0.25, -0.2) is 4.98 Å². The van der Waals surface area contributed by atoms with Gasteiger partial charge in [-0.05, 0) is 11.6 Å². The Morgan fingerprint density at radius 3 is 2.50 bits per heavy atom. The average Bonchev–Trinajstić information content (AvgIpc) is 2.23. The number of nitrogens with two attached hydrogens (primary N) is 1. The molecular formula is C11H9ClN2. The topological polar surface area (TPSA) is 38.9 Å². The second kappa shape index (κ2) is 3.68. The molecule has 0 amide bonds. The standard InChI is InChI=1S/C11H9ClN2/c12-11-10(13)9(6-7-14-11)8-4-2-1-3-5-8/h1-7H,13H2. The molecule has 1 aromatic carbocycles. The molecule has 0 unspecified atom stereocenters. The van der Waals surface area contributed by atoms with Crippen LogP contribution in [0, 0.1) is 0 Å². The first kappa shape index (κ1) is 9.03. The highest BCUT2D eigenvalue weighted by Crippen LogP contribution is 2.29. The molecule has 2 rings (SSSR count). The molecule has 0 saturated heterocycles. The summed E-state index contributed by atoms with van der Waals surface area (Å²) in [5, 5.41) is 0.353. The quantitative estimate of drug-likeness (QED) is 0.726. The van der Waals surface area contributed by atoms with E-state index in [0.717, 1.165) is 11.1 Å². The van der Waals surface area contributed by atoms with Gasteiger partial charge >= 0.3 is 0 Å². The maximum absolute atomic E-state index is 5.83. The summed E-state index contributed by atoms with van der Waals surface area (Å²) < 4.78 is 0. The van der Waals surface area contributed by atoms with Crippen molar-refractivity contribution in [3.63, 3.8) is 0 Å². The van der Waals surface area contributed by atoms with Crippen molar-refractivity contribution in [3.05, 3.63) is 47.7 Å². The van der Waals surface area contributed by atoms with Crippen molar-refractivity contribution in [2.24, 2.45) is 0 Å². The van der Waals surface area contributed by atoms with Crippen LogP contribution >= 0.6 is 11.6 Å². The molecular weight excluding hydrogens is 196 g/mol. The molecule has 2 nitrogen and oxygen atoms in total. The number of hydrogen-bond donors (Lipinski definition) is 1. The molecule has 2 aromatic rings. The first-order valence-corrected chi connectivity index (χ1v) is 4.62. The van der Waals surface area contributed by atoms with E-state index in [1.807, 2.05) is 36.4 Å². The molecule has 70 valence electrons. The Morgan fingerprint density at radius 1 is 1.07 bits per heavy atom. The third-order valence-corrected chi connectivity index (χ3v) is 2.33. The Kier molecular flexibility index (Phi) is 2.37. The number of anilines is 1. The van der Waals surface area contributed by atoms with Crippen molar-refractivity contribution >= 4 is 17.3 Å². The van der Waals surface area contributed by atoms with Gasteiger partial charge in [-0.2, -0.15) is 0 Å². The van der Waals surface area contributed by atoms with E-state index in [1.165, 1.54) is 0 Å². The first-order valence-electron chi connectivity index (χ1n) is 4.24. The largest absolute Gasteiger partial charge is 0.396 e. The fraction of sp³-hybridized carbons (Fsp3) is 0. The Hall–Kier alpha value is -1.54. The maximum Gasteiger partial charge on any atom is 0.152 e. The van der Waals surface area contributed by atoms with Crippen molar-refractivity contribution in [2.75, 3.05) is 5.73 Å². The van der Waals surface area contributed by atoms with Crippen LogP contribution < -0.4 is 5.73 Å². The molecule has 0 aliphatic heterocycles. The summed E-state index contributed by atoms with van der Waals surface area (Å²) in [6.45, 7) is 0. The van der Waals surface area contributed by atoms with Crippen molar-refractivity contribution in [1.29, 1.82) is 0 Å².